The lowest BCUT2D eigenvalue weighted by atomic mass is 10.2. The number of ether oxygens (including phenoxy) is 1. The van der Waals surface area contributed by atoms with E-state index in [1.165, 1.54) is 29.5 Å². The van der Waals surface area contributed by atoms with E-state index in [1.54, 1.807) is 23.6 Å². The fraction of sp³-hybridized carbons (Fsp3) is 0.250. The first-order valence-electron chi connectivity index (χ1n) is 7.21. The standard InChI is InChI=1S/C16H16F2N2O3S/c17-16(18)23-12-6-2-1-5-11(12)20-14(21)8-3-9-19-15(22)13-7-4-10-24-13/h1-2,4-7,10,16H,3,8-9H2,(H,19,22)(H,20,21). The number of nitrogens with one attached hydrogen (secondary N) is 2. The summed E-state index contributed by atoms with van der Waals surface area (Å²) in [6.07, 6.45) is 0.578. The fourth-order valence-electron chi connectivity index (χ4n) is 1.93. The molecule has 0 aliphatic rings. The zero-order valence-electron chi connectivity index (χ0n) is 12.6. The van der Waals surface area contributed by atoms with Crippen molar-refractivity contribution in [3.05, 3.63) is 46.7 Å². The minimum absolute atomic E-state index is 0.0909. The molecule has 8 heteroatoms. The predicted octanol–water partition coefficient (Wildman–Crippen LogP) is 3.50. The van der Waals surface area contributed by atoms with E-state index in [0.29, 0.717) is 17.8 Å². The van der Waals surface area contributed by atoms with Gasteiger partial charge in [0, 0.05) is 13.0 Å². The Kier molecular flexibility index (Phi) is 6.68. The van der Waals surface area contributed by atoms with Gasteiger partial charge < -0.3 is 15.4 Å². The Balaban J connectivity index is 1.75. The third-order valence-corrected chi connectivity index (χ3v) is 3.86. The summed E-state index contributed by atoms with van der Waals surface area (Å²) in [5.74, 6) is -0.612. The quantitative estimate of drug-likeness (QED) is 0.713. The van der Waals surface area contributed by atoms with Crippen LogP contribution in [0.15, 0.2) is 41.8 Å². The molecule has 0 fully saturated rings. The van der Waals surface area contributed by atoms with Gasteiger partial charge >= 0.3 is 6.61 Å². The van der Waals surface area contributed by atoms with Gasteiger partial charge in [-0.15, -0.1) is 11.3 Å². The first kappa shape index (κ1) is 17.9. The van der Waals surface area contributed by atoms with Crippen LogP contribution < -0.4 is 15.4 Å². The van der Waals surface area contributed by atoms with E-state index in [2.05, 4.69) is 15.4 Å². The molecule has 2 aromatic rings. The van der Waals surface area contributed by atoms with Crippen molar-refractivity contribution in [3.8, 4) is 5.75 Å². The lowest BCUT2D eigenvalue weighted by molar-refractivity contribution is -0.116. The molecule has 0 unspecified atom stereocenters. The number of carbonyl (C=O) groups is 2. The van der Waals surface area contributed by atoms with Crippen LogP contribution in [0.5, 0.6) is 5.75 Å². The molecule has 2 amide bonds. The smallest absolute Gasteiger partial charge is 0.387 e. The van der Waals surface area contributed by atoms with Crippen molar-refractivity contribution in [1.29, 1.82) is 0 Å². The molecule has 1 aromatic heterocycles. The summed E-state index contributed by atoms with van der Waals surface area (Å²) in [5.41, 5.74) is 0.186. The second kappa shape index (κ2) is 8.97. The summed E-state index contributed by atoms with van der Waals surface area (Å²) in [5, 5.41) is 7.04. The number of para-hydroxylation sites is 2. The molecule has 0 atom stereocenters. The van der Waals surface area contributed by atoms with E-state index < -0.39 is 6.61 Å². The van der Waals surface area contributed by atoms with Crippen LogP contribution >= 0.6 is 11.3 Å². The van der Waals surface area contributed by atoms with E-state index in [0.717, 1.165) is 0 Å². The van der Waals surface area contributed by atoms with Gasteiger partial charge in [0.2, 0.25) is 5.91 Å². The van der Waals surface area contributed by atoms with Gasteiger partial charge in [0.15, 0.2) is 0 Å². The maximum absolute atomic E-state index is 12.3. The Morgan fingerprint density at radius 3 is 2.67 bits per heavy atom. The summed E-state index contributed by atoms with van der Waals surface area (Å²) in [6, 6.07) is 9.47. The second-order valence-electron chi connectivity index (χ2n) is 4.76. The highest BCUT2D eigenvalue weighted by molar-refractivity contribution is 7.12. The largest absolute Gasteiger partial charge is 0.433 e. The van der Waals surface area contributed by atoms with Gasteiger partial charge in [-0.25, -0.2) is 0 Å². The molecule has 0 saturated heterocycles. The summed E-state index contributed by atoms with van der Waals surface area (Å²) in [7, 11) is 0. The second-order valence-corrected chi connectivity index (χ2v) is 5.71. The number of anilines is 1. The topological polar surface area (TPSA) is 67.4 Å². The maximum atomic E-state index is 12.3. The number of carbonyl (C=O) groups excluding carboxylic acids is 2. The highest BCUT2D eigenvalue weighted by Crippen LogP contribution is 2.25. The SMILES string of the molecule is O=C(CCCNC(=O)c1cccs1)Nc1ccccc1OC(F)F. The normalized spacial score (nSPS) is 10.5. The average molecular weight is 354 g/mol. The Bertz CT molecular complexity index is 678. The van der Waals surface area contributed by atoms with Gasteiger partial charge in [0.25, 0.3) is 5.91 Å². The minimum atomic E-state index is -2.96. The molecule has 5 nitrogen and oxygen atoms in total. The zero-order valence-corrected chi connectivity index (χ0v) is 13.4. The van der Waals surface area contributed by atoms with Crippen molar-refractivity contribution in [2.75, 3.05) is 11.9 Å². The Morgan fingerprint density at radius 1 is 1.17 bits per heavy atom. The van der Waals surface area contributed by atoms with Gasteiger partial charge in [0.05, 0.1) is 10.6 Å². The molecule has 0 aliphatic heterocycles. The van der Waals surface area contributed by atoms with Crippen molar-refractivity contribution < 1.29 is 23.1 Å². The molecule has 0 bridgehead atoms. The van der Waals surface area contributed by atoms with Crippen LogP contribution in [0.2, 0.25) is 0 Å². The fourth-order valence-corrected chi connectivity index (χ4v) is 2.57. The van der Waals surface area contributed by atoms with Gasteiger partial charge in [-0.2, -0.15) is 8.78 Å². The predicted molar refractivity (Wildman–Crippen MR) is 87.6 cm³/mol. The molecule has 1 heterocycles. The van der Waals surface area contributed by atoms with E-state index >= 15 is 0 Å². The number of benzene rings is 1. The summed E-state index contributed by atoms with van der Waals surface area (Å²) >= 11 is 1.34. The molecule has 1 aromatic carbocycles. The van der Waals surface area contributed by atoms with Crippen molar-refractivity contribution >= 4 is 28.8 Å². The zero-order chi connectivity index (χ0) is 17.4. The number of alkyl halides is 2. The average Bonchev–Trinajstić information content (AvgIpc) is 3.07. The Morgan fingerprint density at radius 2 is 1.96 bits per heavy atom. The summed E-state index contributed by atoms with van der Waals surface area (Å²) < 4.78 is 28.9. The number of rotatable bonds is 8. The molecule has 0 saturated carbocycles. The van der Waals surface area contributed by atoms with Crippen molar-refractivity contribution in [2.24, 2.45) is 0 Å². The molecule has 2 N–H and O–H groups in total. The molecule has 128 valence electrons. The van der Waals surface area contributed by atoms with Crippen LogP contribution in [0.25, 0.3) is 0 Å². The highest BCUT2D eigenvalue weighted by atomic mass is 32.1. The Hall–Kier alpha value is -2.48. The van der Waals surface area contributed by atoms with Crippen LogP contribution in [0.4, 0.5) is 14.5 Å². The third-order valence-electron chi connectivity index (χ3n) is 2.99. The van der Waals surface area contributed by atoms with Crippen molar-refractivity contribution in [1.82, 2.24) is 5.32 Å². The van der Waals surface area contributed by atoms with Gasteiger partial charge in [-0.05, 0) is 30.0 Å². The summed E-state index contributed by atoms with van der Waals surface area (Å²) in [6.45, 7) is -2.62. The molecule has 0 aliphatic carbocycles. The van der Waals surface area contributed by atoms with Gasteiger partial charge in [0.1, 0.15) is 5.75 Å². The maximum Gasteiger partial charge on any atom is 0.387 e. The van der Waals surface area contributed by atoms with E-state index in [4.69, 9.17) is 0 Å². The van der Waals surface area contributed by atoms with Gasteiger partial charge in [-0.3, -0.25) is 9.59 Å². The number of amides is 2. The summed E-state index contributed by atoms with van der Waals surface area (Å²) in [4.78, 5) is 24.2. The number of hydrogen-bond donors (Lipinski definition) is 2. The van der Waals surface area contributed by atoms with Crippen LogP contribution in [-0.2, 0) is 4.79 Å². The van der Waals surface area contributed by atoms with Crippen molar-refractivity contribution in [3.63, 3.8) is 0 Å². The number of halogens is 2. The molecule has 2 rings (SSSR count). The first-order valence-corrected chi connectivity index (χ1v) is 8.09. The Labute approximate surface area is 141 Å². The van der Waals surface area contributed by atoms with Crippen LogP contribution in [-0.4, -0.2) is 25.0 Å². The molecule has 24 heavy (non-hydrogen) atoms. The monoisotopic (exact) mass is 354 g/mol. The van der Waals surface area contributed by atoms with Gasteiger partial charge in [-0.1, -0.05) is 18.2 Å². The third kappa shape index (κ3) is 5.62. The lowest BCUT2D eigenvalue weighted by Gasteiger charge is -2.11. The van der Waals surface area contributed by atoms with Crippen LogP contribution in [0.3, 0.4) is 0 Å². The molecule has 0 spiro atoms. The molecular formula is C16H16F2N2O3S. The lowest BCUT2D eigenvalue weighted by Crippen LogP contribution is -2.24. The van der Waals surface area contributed by atoms with E-state index in [1.807, 2.05) is 0 Å². The highest BCUT2D eigenvalue weighted by Gasteiger charge is 2.11. The minimum Gasteiger partial charge on any atom is -0.433 e. The molecule has 0 radical (unpaired) electrons. The van der Waals surface area contributed by atoms with Crippen molar-refractivity contribution in [2.45, 2.75) is 19.5 Å². The first-order chi connectivity index (χ1) is 11.6. The number of thiophene rings is 1. The van der Waals surface area contributed by atoms with Crippen LogP contribution in [0, 0.1) is 0 Å². The van der Waals surface area contributed by atoms with E-state index in [-0.39, 0.29) is 29.7 Å². The van der Waals surface area contributed by atoms with E-state index in [9.17, 15) is 18.4 Å². The number of hydrogen-bond acceptors (Lipinski definition) is 4. The molecular weight excluding hydrogens is 338 g/mol. The van der Waals surface area contributed by atoms with Crippen LogP contribution in [0.1, 0.15) is 22.5 Å².